The average molecular weight is 585 g/mol. The molecule has 1 aromatic carbocycles. The highest BCUT2D eigenvalue weighted by Gasteiger charge is 2.39. The number of rotatable bonds is 7. The molecule has 4 atom stereocenters. The van der Waals surface area contributed by atoms with E-state index in [9.17, 15) is 27.3 Å². The van der Waals surface area contributed by atoms with Crippen LogP contribution in [-0.2, 0) is 14.6 Å². The second-order valence-corrected chi connectivity index (χ2v) is 13.9. The average Bonchev–Trinajstić information content (AvgIpc) is 3.38. The molecule has 2 aromatic heterocycles. The zero-order valence-corrected chi connectivity index (χ0v) is 23.7. The second kappa shape index (κ2) is 11.7. The predicted molar refractivity (Wildman–Crippen MR) is 151 cm³/mol. The zero-order valence-electron chi connectivity index (χ0n) is 22.1. The van der Waals surface area contributed by atoms with Crippen LogP contribution in [0.5, 0.6) is 0 Å². The van der Waals surface area contributed by atoms with Crippen molar-refractivity contribution in [3.63, 3.8) is 0 Å². The molecule has 2 aliphatic rings. The second-order valence-electron chi connectivity index (χ2n) is 10.6. The van der Waals surface area contributed by atoms with Gasteiger partial charge >= 0.3 is 0 Å². The molecular formula is C29H30F2N4O3S2. The van der Waals surface area contributed by atoms with Crippen molar-refractivity contribution in [3.05, 3.63) is 54.1 Å². The number of carbonyl (C=O) groups is 1. The number of nitriles is 1. The van der Waals surface area contributed by atoms with Crippen LogP contribution in [0.4, 0.5) is 14.5 Å². The van der Waals surface area contributed by atoms with Gasteiger partial charge in [0, 0.05) is 37.0 Å². The molecule has 1 saturated heterocycles. The summed E-state index contributed by atoms with van der Waals surface area (Å²) >= 11 is 1.39. The van der Waals surface area contributed by atoms with Crippen molar-refractivity contribution in [2.24, 2.45) is 11.8 Å². The first-order chi connectivity index (χ1) is 19.1. The van der Waals surface area contributed by atoms with E-state index in [-0.39, 0.29) is 36.0 Å². The summed E-state index contributed by atoms with van der Waals surface area (Å²) < 4.78 is 51.8. The number of hydrogen-bond donors (Lipinski definition) is 0. The first-order valence-corrected chi connectivity index (χ1v) is 16.0. The number of sulfone groups is 1. The van der Waals surface area contributed by atoms with Gasteiger partial charge in [0.15, 0.2) is 9.84 Å². The van der Waals surface area contributed by atoms with E-state index < -0.39 is 33.7 Å². The predicted octanol–water partition coefficient (Wildman–Crippen LogP) is 5.59. The van der Waals surface area contributed by atoms with Gasteiger partial charge in [0.25, 0.3) is 0 Å². The van der Waals surface area contributed by atoms with Crippen LogP contribution in [0, 0.1) is 29.0 Å². The summed E-state index contributed by atoms with van der Waals surface area (Å²) in [6.07, 6.45) is 0.978. The lowest BCUT2D eigenvalue weighted by Crippen LogP contribution is -2.40. The highest BCUT2D eigenvalue weighted by atomic mass is 32.2. The lowest BCUT2D eigenvalue weighted by Gasteiger charge is -2.32. The van der Waals surface area contributed by atoms with Crippen LogP contribution in [0.15, 0.2) is 42.6 Å². The van der Waals surface area contributed by atoms with Crippen LogP contribution < -0.4 is 4.90 Å². The topological polar surface area (TPSA) is 104 Å². The molecule has 7 nitrogen and oxygen atoms in total. The molecular weight excluding hydrogens is 554 g/mol. The smallest absolute Gasteiger partial charge is 0.153 e. The summed E-state index contributed by atoms with van der Waals surface area (Å²) in [4.78, 5) is 25.3. The minimum atomic E-state index is -2.99. The minimum absolute atomic E-state index is 0.0660. The molecule has 0 amide bonds. The van der Waals surface area contributed by atoms with Gasteiger partial charge in [-0.3, -0.25) is 9.78 Å². The Morgan fingerprint density at radius 2 is 1.90 bits per heavy atom. The summed E-state index contributed by atoms with van der Waals surface area (Å²) in [5.41, 5.74) is 2.98. The molecule has 0 unspecified atom stereocenters. The highest BCUT2D eigenvalue weighted by molar-refractivity contribution is 7.91. The third kappa shape index (κ3) is 6.23. The monoisotopic (exact) mass is 584 g/mol. The summed E-state index contributed by atoms with van der Waals surface area (Å²) in [7, 11) is -2.99. The number of carbonyl (C=O) groups excluding carboxylic acids is 1. The maximum absolute atomic E-state index is 14.6. The van der Waals surface area contributed by atoms with Crippen molar-refractivity contribution in [1.82, 2.24) is 9.97 Å². The van der Waals surface area contributed by atoms with Gasteiger partial charge in [0.05, 0.1) is 46.0 Å². The molecule has 2 fully saturated rings. The number of halogens is 2. The number of pyridine rings is 1. The number of aromatic nitrogens is 2. The van der Waals surface area contributed by atoms with E-state index >= 15 is 0 Å². The molecule has 5 rings (SSSR count). The van der Waals surface area contributed by atoms with Gasteiger partial charge in [-0.1, -0.05) is 12.1 Å². The fourth-order valence-electron chi connectivity index (χ4n) is 5.50. The van der Waals surface area contributed by atoms with Gasteiger partial charge in [-0.25, -0.2) is 22.2 Å². The zero-order chi connectivity index (χ0) is 28.4. The van der Waals surface area contributed by atoms with Crippen molar-refractivity contribution in [2.75, 3.05) is 29.5 Å². The van der Waals surface area contributed by atoms with E-state index in [4.69, 9.17) is 4.98 Å². The lowest BCUT2D eigenvalue weighted by molar-refractivity contribution is -0.125. The van der Waals surface area contributed by atoms with Crippen LogP contribution in [-0.4, -0.2) is 54.9 Å². The standard InChI is InChI=1S/C29H30F2N4O3S2/c1-18(16-32)14-26(36)24-15-20(30)4-8-23(24)27-28(39-29(34-27)25-9-5-21(31)17-33-25)19-2-6-22(7-3-19)35-10-12-40(37,38)13-11-35/h2-3,5-7,9,17-18,20,23-24H,4,8,10-15H2,1H3/t18-,20+,23-,24-/m1/s1. The summed E-state index contributed by atoms with van der Waals surface area (Å²) in [6.45, 7) is 2.56. The Kier molecular flexibility index (Phi) is 8.29. The Morgan fingerprint density at radius 3 is 2.55 bits per heavy atom. The molecule has 11 heteroatoms. The lowest BCUT2D eigenvalue weighted by atomic mass is 9.72. The first-order valence-electron chi connectivity index (χ1n) is 13.4. The molecule has 3 aromatic rings. The Balaban J connectivity index is 1.52. The highest BCUT2D eigenvalue weighted by Crippen LogP contribution is 2.47. The van der Waals surface area contributed by atoms with Gasteiger partial charge in [-0.2, -0.15) is 5.26 Å². The Bertz CT molecular complexity index is 1500. The van der Waals surface area contributed by atoms with Gasteiger partial charge in [0.2, 0.25) is 0 Å². The van der Waals surface area contributed by atoms with E-state index in [0.717, 1.165) is 22.3 Å². The molecule has 0 radical (unpaired) electrons. The van der Waals surface area contributed by atoms with E-state index in [0.29, 0.717) is 42.3 Å². The number of anilines is 1. The normalized spacial score (nSPS) is 23.4. The van der Waals surface area contributed by atoms with Crippen LogP contribution in [0.2, 0.25) is 0 Å². The van der Waals surface area contributed by atoms with Gasteiger partial charge in [-0.15, -0.1) is 11.3 Å². The molecule has 1 saturated carbocycles. The molecule has 0 N–H and O–H groups in total. The van der Waals surface area contributed by atoms with Crippen molar-refractivity contribution in [1.29, 1.82) is 5.26 Å². The van der Waals surface area contributed by atoms with Crippen LogP contribution in [0.1, 0.15) is 44.2 Å². The first kappa shape index (κ1) is 28.3. The molecule has 1 aliphatic carbocycles. The van der Waals surface area contributed by atoms with Crippen LogP contribution in [0.25, 0.3) is 21.1 Å². The molecule has 0 bridgehead atoms. The third-order valence-electron chi connectivity index (χ3n) is 7.72. The summed E-state index contributed by atoms with van der Waals surface area (Å²) in [5, 5.41) is 9.83. The summed E-state index contributed by atoms with van der Waals surface area (Å²) in [5.74, 6) is -1.71. The quantitative estimate of drug-likeness (QED) is 0.357. The molecule has 40 heavy (non-hydrogen) atoms. The SMILES string of the molecule is C[C@@H](C#N)CC(=O)[C@@H]1C[C@@H](F)CC[C@H]1c1nc(-c2ccc(F)cn2)sc1-c1ccc(N2CCS(=O)(=O)CC2)cc1. The fourth-order valence-corrected chi connectivity index (χ4v) is 7.82. The van der Waals surface area contributed by atoms with E-state index in [1.807, 2.05) is 29.2 Å². The Hall–Kier alpha value is -3.23. The van der Waals surface area contributed by atoms with Crippen molar-refractivity contribution in [2.45, 2.75) is 44.7 Å². The van der Waals surface area contributed by atoms with Gasteiger partial charge in [-0.05, 0) is 56.0 Å². The maximum Gasteiger partial charge on any atom is 0.153 e. The van der Waals surface area contributed by atoms with E-state index in [2.05, 4.69) is 11.1 Å². The Morgan fingerprint density at radius 1 is 1.18 bits per heavy atom. The van der Waals surface area contributed by atoms with E-state index in [1.165, 1.54) is 17.4 Å². The van der Waals surface area contributed by atoms with Gasteiger partial charge in [0.1, 0.15) is 22.8 Å². The minimum Gasteiger partial charge on any atom is -0.369 e. The number of alkyl halides is 1. The third-order valence-corrected chi connectivity index (χ3v) is 10.5. The van der Waals surface area contributed by atoms with Crippen molar-refractivity contribution in [3.8, 4) is 27.2 Å². The Labute approximate surface area is 236 Å². The fraction of sp³-hybridized carbons (Fsp3) is 0.448. The number of thiazole rings is 1. The van der Waals surface area contributed by atoms with Gasteiger partial charge < -0.3 is 4.90 Å². The maximum atomic E-state index is 14.6. The van der Waals surface area contributed by atoms with Crippen LogP contribution in [0.3, 0.4) is 0 Å². The summed E-state index contributed by atoms with van der Waals surface area (Å²) in [6, 6.07) is 12.8. The number of nitrogens with zero attached hydrogens (tertiary/aromatic N) is 4. The molecule has 3 heterocycles. The van der Waals surface area contributed by atoms with E-state index in [1.54, 1.807) is 13.0 Å². The number of hydrogen-bond acceptors (Lipinski definition) is 8. The molecule has 1 aliphatic heterocycles. The van der Waals surface area contributed by atoms with Crippen molar-refractivity contribution >= 4 is 32.6 Å². The molecule has 210 valence electrons. The number of ketones is 1. The van der Waals surface area contributed by atoms with Crippen LogP contribution >= 0.6 is 11.3 Å². The molecule has 0 spiro atoms. The number of benzene rings is 1. The van der Waals surface area contributed by atoms with Crippen molar-refractivity contribution < 1.29 is 22.0 Å². The largest absolute Gasteiger partial charge is 0.369 e. The number of Topliss-reactive ketones (excluding diaryl/α,β-unsaturated/α-hetero) is 1.